The number of ketones is 1. The molecule has 0 aliphatic rings. The van der Waals surface area contributed by atoms with Crippen LogP contribution in [0.2, 0.25) is 0 Å². The van der Waals surface area contributed by atoms with E-state index < -0.39 is 23.2 Å². The molecular weight excluding hydrogens is 281 g/mol. The van der Waals surface area contributed by atoms with Crippen LogP contribution in [0, 0.1) is 24.4 Å². The highest BCUT2D eigenvalue weighted by Crippen LogP contribution is 2.28. The Morgan fingerprint density at radius 3 is 2.48 bits per heavy atom. The SMILES string of the molecule is Cc1c(C(=O)c2ccc(F)c(F)c2)oc2ccc(F)cc12. The number of halogens is 3. The van der Waals surface area contributed by atoms with Crippen molar-refractivity contribution in [1.29, 1.82) is 0 Å². The van der Waals surface area contributed by atoms with Gasteiger partial charge in [-0.05, 0) is 43.3 Å². The number of benzene rings is 2. The van der Waals surface area contributed by atoms with Gasteiger partial charge in [-0.25, -0.2) is 13.2 Å². The van der Waals surface area contributed by atoms with Gasteiger partial charge in [-0.2, -0.15) is 0 Å². The van der Waals surface area contributed by atoms with Crippen LogP contribution in [0.5, 0.6) is 0 Å². The summed E-state index contributed by atoms with van der Waals surface area (Å²) in [5.41, 5.74) is 0.788. The summed E-state index contributed by atoms with van der Waals surface area (Å²) in [5, 5.41) is 0.473. The molecule has 0 spiro atoms. The Balaban J connectivity index is 2.13. The molecule has 0 N–H and O–H groups in total. The van der Waals surface area contributed by atoms with E-state index in [1.807, 2.05) is 0 Å². The lowest BCUT2D eigenvalue weighted by Gasteiger charge is -2.00. The van der Waals surface area contributed by atoms with Gasteiger partial charge in [0.25, 0.3) is 0 Å². The number of hydrogen-bond donors (Lipinski definition) is 0. The van der Waals surface area contributed by atoms with Crippen LogP contribution in [0.25, 0.3) is 11.0 Å². The van der Waals surface area contributed by atoms with E-state index in [2.05, 4.69) is 0 Å². The summed E-state index contributed by atoms with van der Waals surface area (Å²) in [4.78, 5) is 12.3. The minimum Gasteiger partial charge on any atom is -0.452 e. The molecule has 21 heavy (non-hydrogen) atoms. The first-order chi connectivity index (χ1) is 9.97. The molecule has 0 saturated heterocycles. The van der Waals surface area contributed by atoms with Gasteiger partial charge in [-0.3, -0.25) is 4.79 Å². The lowest BCUT2D eigenvalue weighted by Crippen LogP contribution is -2.02. The summed E-state index contributed by atoms with van der Waals surface area (Å²) >= 11 is 0. The van der Waals surface area contributed by atoms with Crippen LogP contribution in [0.1, 0.15) is 21.7 Å². The Kier molecular flexibility index (Phi) is 3.05. The second-order valence-corrected chi connectivity index (χ2v) is 4.65. The number of carbonyl (C=O) groups excluding carboxylic acids is 1. The van der Waals surface area contributed by atoms with Crippen LogP contribution < -0.4 is 0 Å². The Bertz CT molecular complexity index is 865. The molecule has 1 aromatic heterocycles. The minimum atomic E-state index is -1.11. The molecule has 0 aliphatic heterocycles. The summed E-state index contributed by atoms with van der Waals surface area (Å²) < 4.78 is 44.7. The molecule has 0 aliphatic carbocycles. The molecule has 1 heterocycles. The minimum absolute atomic E-state index is 0.0124. The molecule has 0 atom stereocenters. The third-order valence-corrected chi connectivity index (χ3v) is 3.29. The summed E-state index contributed by atoms with van der Waals surface area (Å²) in [7, 11) is 0. The lowest BCUT2D eigenvalue weighted by atomic mass is 10.0. The zero-order valence-corrected chi connectivity index (χ0v) is 10.9. The van der Waals surface area contributed by atoms with Crippen LogP contribution >= 0.6 is 0 Å². The molecule has 5 heteroatoms. The lowest BCUT2D eigenvalue weighted by molar-refractivity contribution is 0.101. The number of fused-ring (bicyclic) bond motifs is 1. The number of furan rings is 1. The van der Waals surface area contributed by atoms with Crippen molar-refractivity contribution in [2.75, 3.05) is 0 Å². The fourth-order valence-electron chi connectivity index (χ4n) is 2.18. The molecule has 106 valence electrons. The van der Waals surface area contributed by atoms with Crippen molar-refractivity contribution >= 4 is 16.8 Å². The Labute approximate surface area is 117 Å². The van der Waals surface area contributed by atoms with Crippen molar-refractivity contribution in [3.63, 3.8) is 0 Å². The van der Waals surface area contributed by atoms with Gasteiger partial charge in [0.1, 0.15) is 11.4 Å². The molecule has 0 unspecified atom stereocenters. The summed E-state index contributed by atoms with van der Waals surface area (Å²) in [6, 6.07) is 6.76. The fourth-order valence-corrected chi connectivity index (χ4v) is 2.18. The Hall–Kier alpha value is -2.56. The maximum Gasteiger partial charge on any atom is 0.228 e. The summed E-state index contributed by atoms with van der Waals surface area (Å²) in [6.07, 6.45) is 0. The van der Waals surface area contributed by atoms with E-state index in [1.54, 1.807) is 6.92 Å². The first kappa shape index (κ1) is 13.4. The third-order valence-electron chi connectivity index (χ3n) is 3.29. The molecular formula is C16H9F3O2. The van der Waals surface area contributed by atoms with Crippen molar-refractivity contribution in [1.82, 2.24) is 0 Å². The van der Waals surface area contributed by atoms with Crippen molar-refractivity contribution in [2.45, 2.75) is 6.92 Å². The average molecular weight is 290 g/mol. The van der Waals surface area contributed by atoms with Crippen LogP contribution in [-0.2, 0) is 0 Å². The van der Waals surface area contributed by atoms with Crippen molar-refractivity contribution < 1.29 is 22.4 Å². The van der Waals surface area contributed by atoms with Crippen LogP contribution in [0.4, 0.5) is 13.2 Å². The predicted molar refractivity (Wildman–Crippen MR) is 70.7 cm³/mol. The molecule has 3 aromatic rings. The van der Waals surface area contributed by atoms with E-state index in [-0.39, 0.29) is 11.3 Å². The Morgan fingerprint density at radius 1 is 1.00 bits per heavy atom. The predicted octanol–water partition coefficient (Wildman–Crippen LogP) is 4.39. The molecule has 3 rings (SSSR count). The van der Waals surface area contributed by atoms with Gasteiger partial charge in [0.05, 0.1) is 0 Å². The fraction of sp³-hybridized carbons (Fsp3) is 0.0625. The smallest absolute Gasteiger partial charge is 0.228 e. The van der Waals surface area contributed by atoms with Gasteiger partial charge in [0, 0.05) is 16.5 Å². The highest BCUT2D eigenvalue weighted by atomic mass is 19.2. The number of hydrogen-bond acceptors (Lipinski definition) is 2. The first-order valence-corrected chi connectivity index (χ1v) is 6.16. The normalized spacial score (nSPS) is 11.0. The van der Waals surface area contributed by atoms with Gasteiger partial charge in [-0.1, -0.05) is 0 Å². The molecule has 0 saturated carbocycles. The quantitative estimate of drug-likeness (QED) is 0.655. The summed E-state index contributed by atoms with van der Waals surface area (Å²) in [6.45, 7) is 1.61. The second-order valence-electron chi connectivity index (χ2n) is 4.65. The van der Waals surface area contributed by atoms with E-state index in [4.69, 9.17) is 4.42 Å². The van der Waals surface area contributed by atoms with Gasteiger partial charge < -0.3 is 4.42 Å². The van der Waals surface area contributed by atoms with E-state index in [0.29, 0.717) is 16.5 Å². The maximum absolute atomic E-state index is 13.2. The van der Waals surface area contributed by atoms with Crippen molar-refractivity contribution in [2.24, 2.45) is 0 Å². The highest BCUT2D eigenvalue weighted by Gasteiger charge is 2.20. The average Bonchev–Trinajstić information content (AvgIpc) is 2.78. The molecule has 0 amide bonds. The zero-order chi connectivity index (χ0) is 15.1. The van der Waals surface area contributed by atoms with E-state index in [0.717, 1.165) is 12.1 Å². The van der Waals surface area contributed by atoms with Crippen LogP contribution in [-0.4, -0.2) is 5.78 Å². The van der Waals surface area contributed by atoms with Crippen LogP contribution in [0.15, 0.2) is 40.8 Å². The molecule has 2 aromatic carbocycles. The second kappa shape index (κ2) is 4.77. The molecule has 0 radical (unpaired) electrons. The topological polar surface area (TPSA) is 30.2 Å². The first-order valence-electron chi connectivity index (χ1n) is 6.16. The van der Waals surface area contributed by atoms with Gasteiger partial charge in [0.15, 0.2) is 17.4 Å². The number of carbonyl (C=O) groups is 1. The summed E-state index contributed by atoms with van der Waals surface area (Å²) in [5.74, 6) is -3.18. The largest absolute Gasteiger partial charge is 0.452 e. The van der Waals surface area contributed by atoms with Gasteiger partial charge in [-0.15, -0.1) is 0 Å². The highest BCUT2D eigenvalue weighted by molar-refractivity contribution is 6.10. The van der Waals surface area contributed by atoms with E-state index in [9.17, 15) is 18.0 Å². The van der Waals surface area contributed by atoms with Crippen LogP contribution in [0.3, 0.4) is 0 Å². The van der Waals surface area contributed by atoms with Crippen molar-refractivity contribution in [3.05, 3.63) is 70.7 Å². The monoisotopic (exact) mass is 290 g/mol. The van der Waals surface area contributed by atoms with Gasteiger partial charge in [0.2, 0.25) is 5.78 Å². The number of aryl methyl sites for hydroxylation is 1. The Morgan fingerprint density at radius 2 is 1.76 bits per heavy atom. The van der Waals surface area contributed by atoms with E-state index in [1.165, 1.54) is 24.3 Å². The van der Waals surface area contributed by atoms with Gasteiger partial charge >= 0.3 is 0 Å². The molecule has 2 nitrogen and oxygen atoms in total. The molecule has 0 bridgehead atoms. The zero-order valence-electron chi connectivity index (χ0n) is 10.9. The maximum atomic E-state index is 13.2. The third kappa shape index (κ3) is 2.20. The molecule has 0 fully saturated rings. The number of rotatable bonds is 2. The van der Waals surface area contributed by atoms with E-state index >= 15 is 0 Å². The standard InChI is InChI=1S/C16H9F3O2/c1-8-11-7-10(17)3-5-14(11)21-16(8)15(20)9-2-4-12(18)13(19)6-9/h2-7H,1H3. The van der Waals surface area contributed by atoms with Crippen molar-refractivity contribution in [3.8, 4) is 0 Å².